The Balaban J connectivity index is 1.47. The summed E-state index contributed by atoms with van der Waals surface area (Å²) in [7, 11) is 0. The Labute approximate surface area is 153 Å². The first-order chi connectivity index (χ1) is 13.0. The second-order valence-corrected chi connectivity index (χ2v) is 6.35. The second kappa shape index (κ2) is 6.60. The summed E-state index contributed by atoms with van der Waals surface area (Å²) < 4.78 is 13.5. The molecule has 0 bridgehead atoms. The second-order valence-electron chi connectivity index (χ2n) is 6.35. The van der Waals surface area contributed by atoms with Gasteiger partial charge in [0, 0.05) is 33.7 Å². The minimum atomic E-state index is -0.414. The maximum absolute atomic E-state index is 13.5. The fourth-order valence-electron chi connectivity index (χ4n) is 3.24. The number of benzene rings is 2. The van der Waals surface area contributed by atoms with Crippen LogP contribution in [0.15, 0.2) is 48.7 Å². The number of aromatic nitrogens is 2. The van der Waals surface area contributed by atoms with Gasteiger partial charge in [0.25, 0.3) is 5.91 Å². The Bertz CT molecular complexity index is 1180. The Morgan fingerprint density at radius 3 is 2.70 bits per heavy atom. The summed E-state index contributed by atoms with van der Waals surface area (Å²) in [5.41, 5.74) is 8.37. The molecular weight excluding hydrogens is 347 g/mol. The van der Waals surface area contributed by atoms with Crippen LogP contribution in [0.1, 0.15) is 21.6 Å². The van der Waals surface area contributed by atoms with Crippen molar-refractivity contribution in [3.8, 4) is 0 Å². The minimum absolute atomic E-state index is 0.0173. The largest absolute Gasteiger partial charge is 0.360 e. The first-order valence-corrected chi connectivity index (χ1v) is 8.45. The monoisotopic (exact) mass is 364 g/mol. The van der Waals surface area contributed by atoms with Crippen molar-refractivity contribution in [1.82, 2.24) is 20.8 Å². The van der Waals surface area contributed by atoms with Crippen LogP contribution in [0, 0.1) is 12.7 Å². The number of fused-ring (bicyclic) bond motifs is 2. The number of aryl methyl sites for hydroxylation is 1. The molecule has 0 radical (unpaired) electrons. The average Bonchev–Trinajstić information content (AvgIpc) is 3.21. The van der Waals surface area contributed by atoms with Gasteiger partial charge in [-0.05, 0) is 36.8 Å². The van der Waals surface area contributed by atoms with Gasteiger partial charge in [-0.1, -0.05) is 18.2 Å². The first kappa shape index (κ1) is 16.8. The summed E-state index contributed by atoms with van der Waals surface area (Å²) in [5.74, 6) is -1.17. The molecule has 4 aromatic rings. The van der Waals surface area contributed by atoms with Crippen LogP contribution >= 0.6 is 0 Å². The fraction of sp³-hybridized carbons (Fsp3) is 0.100. The summed E-state index contributed by atoms with van der Waals surface area (Å²) >= 11 is 0. The van der Waals surface area contributed by atoms with E-state index in [1.165, 1.54) is 12.1 Å². The quantitative estimate of drug-likeness (QED) is 0.421. The van der Waals surface area contributed by atoms with Crippen molar-refractivity contribution < 1.29 is 14.0 Å². The SMILES string of the molecule is Cc1[nH]c2ccc(F)cc2c1CC(=O)NNC(=O)c1c[nH]c2ccccc12. The van der Waals surface area contributed by atoms with Crippen LogP contribution in [0.3, 0.4) is 0 Å². The number of hydrogen-bond donors (Lipinski definition) is 4. The molecular formula is C20H17FN4O2. The zero-order valence-corrected chi connectivity index (χ0v) is 14.5. The van der Waals surface area contributed by atoms with E-state index >= 15 is 0 Å². The highest BCUT2D eigenvalue weighted by molar-refractivity contribution is 6.07. The molecule has 27 heavy (non-hydrogen) atoms. The van der Waals surface area contributed by atoms with E-state index in [0.29, 0.717) is 16.5 Å². The summed E-state index contributed by atoms with van der Waals surface area (Å²) in [4.78, 5) is 30.8. The maximum atomic E-state index is 13.5. The van der Waals surface area contributed by atoms with Crippen LogP contribution in [0.4, 0.5) is 4.39 Å². The predicted molar refractivity (Wildman–Crippen MR) is 101 cm³/mol. The highest BCUT2D eigenvalue weighted by Gasteiger charge is 2.15. The molecule has 0 aliphatic heterocycles. The molecule has 7 heteroatoms. The van der Waals surface area contributed by atoms with Gasteiger partial charge in [-0.2, -0.15) is 0 Å². The van der Waals surface area contributed by atoms with E-state index in [0.717, 1.165) is 22.1 Å². The van der Waals surface area contributed by atoms with E-state index < -0.39 is 11.8 Å². The molecule has 0 aliphatic rings. The molecule has 0 aliphatic carbocycles. The highest BCUT2D eigenvalue weighted by atomic mass is 19.1. The molecule has 0 spiro atoms. The lowest BCUT2D eigenvalue weighted by Crippen LogP contribution is -2.42. The molecule has 2 aromatic carbocycles. The number of nitrogens with one attached hydrogen (secondary N) is 4. The third-order valence-electron chi connectivity index (χ3n) is 4.57. The molecule has 4 N–H and O–H groups in total. The van der Waals surface area contributed by atoms with Crippen molar-refractivity contribution in [2.75, 3.05) is 0 Å². The number of hydrogen-bond acceptors (Lipinski definition) is 2. The third-order valence-corrected chi connectivity index (χ3v) is 4.57. The van der Waals surface area contributed by atoms with Crippen molar-refractivity contribution in [1.29, 1.82) is 0 Å². The minimum Gasteiger partial charge on any atom is -0.360 e. The Hall–Kier alpha value is -3.61. The fourth-order valence-corrected chi connectivity index (χ4v) is 3.24. The van der Waals surface area contributed by atoms with Gasteiger partial charge >= 0.3 is 0 Å². The number of rotatable bonds is 3. The van der Waals surface area contributed by atoms with E-state index in [1.54, 1.807) is 12.3 Å². The topological polar surface area (TPSA) is 89.8 Å². The molecule has 0 saturated carbocycles. The van der Waals surface area contributed by atoms with Gasteiger partial charge in [0.05, 0.1) is 12.0 Å². The lowest BCUT2D eigenvalue weighted by Gasteiger charge is -2.07. The average molecular weight is 364 g/mol. The van der Waals surface area contributed by atoms with Crippen LogP contribution in [-0.2, 0) is 11.2 Å². The van der Waals surface area contributed by atoms with Gasteiger partial charge in [-0.25, -0.2) is 4.39 Å². The van der Waals surface area contributed by atoms with E-state index in [1.807, 2.05) is 31.2 Å². The van der Waals surface area contributed by atoms with Gasteiger partial charge in [0.15, 0.2) is 0 Å². The zero-order chi connectivity index (χ0) is 19.0. The number of aromatic amines is 2. The molecule has 136 valence electrons. The Kier molecular flexibility index (Phi) is 4.12. The number of para-hydroxylation sites is 1. The Morgan fingerprint density at radius 1 is 1.04 bits per heavy atom. The van der Waals surface area contributed by atoms with Crippen LogP contribution in [0.2, 0.25) is 0 Å². The van der Waals surface area contributed by atoms with Gasteiger partial charge in [-0.3, -0.25) is 20.4 Å². The van der Waals surface area contributed by atoms with Crippen LogP contribution in [-0.4, -0.2) is 21.8 Å². The van der Waals surface area contributed by atoms with Gasteiger partial charge in [0.2, 0.25) is 5.91 Å². The van der Waals surface area contributed by atoms with E-state index in [-0.39, 0.29) is 12.2 Å². The van der Waals surface area contributed by atoms with Crippen molar-refractivity contribution in [3.63, 3.8) is 0 Å². The summed E-state index contributed by atoms with van der Waals surface area (Å²) in [6, 6.07) is 11.8. The predicted octanol–water partition coefficient (Wildman–Crippen LogP) is 3.10. The number of hydrazine groups is 1. The first-order valence-electron chi connectivity index (χ1n) is 8.45. The molecule has 0 atom stereocenters. The molecule has 0 fully saturated rings. The maximum Gasteiger partial charge on any atom is 0.271 e. The van der Waals surface area contributed by atoms with Gasteiger partial charge < -0.3 is 9.97 Å². The van der Waals surface area contributed by atoms with Gasteiger partial charge in [0.1, 0.15) is 5.82 Å². The van der Waals surface area contributed by atoms with Crippen LogP contribution < -0.4 is 10.9 Å². The Morgan fingerprint density at radius 2 is 1.85 bits per heavy atom. The lowest BCUT2D eigenvalue weighted by molar-refractivity contribution is -0.121. The van der Waals surface area contributed by atoms with Crippen molar-refractivity contribution in [2.45, 2.75) is 13.3 Å². The third kappa shape index (κ3) is 3.15. The summed E-state index contributed by atoms with van der Waals surface area (Å²) in [6.07, 6.45) is 1.61. The van der Waals surface area contributed by atoms with Crippen LogP contribution in [0.5, 0.6) is 0 Å². The number of carbonyl (C=O) groups excluding carboxylic acids is 2. The molecule has 2 aromatic heterocycles. The van der Waals surface area contributed by atoms with Crippen LogP contribution in [0.25, 0.3) is 21.8 Å². The lowest BCUT2D eigenvalue weighted by atomic mass is 10.1. The van der Waals surface area contributed by atoms with E-state index in [9.17, 15) is 14.0 Å². The normalized spacial score (nSPS) is 11.0. The van der Waals surface area contributed by atoms with Crippen molar-refractivity contribution >= 4 is 33.6 Å². The number of amides is 2. The highest BCUT2D eigenvalue weighted by Crippen LogP contribution is 2.23. The number of halogens is 1. The zero-order valence-electron chi connectivity index (χ0n) is 14.5. The number of carbonyl (C=O) groups is 2. The van der Waals surface area contributed by atoms with Gasteiger partial charge in [-0.15, -0.1) is 0 Å². The summed E-state index contributed by atoms with van der Waals surface area (Å²) in [5, 5.41) is 1.43. The van der Waals surface area contributed by atoms with Crippen molar-refractivity contribution in [2.24, 2.45) is 0 Å². The molecule has 0 unspecified atom stereocenters. The number of H-pyrrole nitrogens is 2. The molecule has 0 saturated heterocycles. The van der Waals surface area contributed by atoms with E-state index in [2.05, 4.69) is 20.8 Å². The van der Waals surface area contributed by atoms with Crippen molar-refractivity contribution in [3.05, 3.63) is 71.3 Å². The summed E-state index contributed by atoms with van der Waals surface area (Å²) in [6.45, 7) is 1.82. The molecule has 6 nitrogen and oxygen atoms in total. The van der Waals surface area contributed by atoms with E-state index in [4.69, 9.17) is 0 Å². The standard InChI is InChI=1S/C20H17FN4O2/c1-11-14(15-8-12(21)6-7-18(15)23-11)9-19(26)24-25-20(27)16-10-22-17-5-3-2-4-13(16)17/h2-8,10,22-23H,9H2,1H3,(H,24,26)(H,25,27). The molecule has 4 rings (SSSR count). The molecule has 2 amide bonds. The molecule has 2 heterocycles. The smallest absolute Gasteiger partial charge is 0.271 e.